The van der Waals surface area contributed by atoms with E-state index in [1.165, 1.54) is 0 Å². The second-order valence-electron chi connectivity index (χ2n) is 7.38. The number of nitrogens with zero attached hydrogens (tertiary/aromatic N) is 1. The molecule has 3 aromatic heterocycles. The summed E-state index contributed by atoms with van der Waals surface area (Å²) in [7, 11) is 3.24. The Morgan fingerprint density at radius 1 is 0.909 bits per heavy atom. The van der Waals surface area contributed by atoms with Gasteiger partial charge in [0.2, 0.25) is 5.88 Å². The highest BCUT2D eigenvalue weighted by Gasteiger charge is 2.21. The summed E-state index contributed by atoms with van der Waals surface area (Å²) in [5, 5.41) is 2.87. The molecule has 2 N–H and O–H groups in total. The summed E-state index contributed by atoms with van der Waals surface area (Å²) in [5.41, 5.74) is 10.7. The van der Waals surface area contributed by atoms with E-state index in [2.05, 4.69) is 4.98 Å². The minimum absolute atomic E-state index is 0.366. The lowest BCUT2D eigenvalue weighted by Gasteiger charge is -2.13. The first-order valence-corrected chi connectivity index (χ1v) is 11.2. The summed E-state index contributed by atoms with van der Waals surface area (Å²) in [4.78, 5) is 5.10. The molecule has 33 heavy (non-hydrogen) atoms. The first-order valence-electron chi connectivity index (χ1n) is 10.3. The van der Waals surface area contributed by atoms with Crippen molar-refractivity contribution in [2.75, 3.05) is 20.0 Å². The summed E-state index contributed by atoms with van der Waals surface area (Å²) in [6.45, 7) is 0.391. The summed E-state index contributed by atoms with van der Waals surface area (Å²) >= 11 is 1.61. The zero-order valence-corrected chi connectivity index (χ0v) is 19.0. The van der Waals surface area contributed by atoms with Crippen molar-refractivity contribution in [1.82, 2.24) is 4.98 Å². The van der Waals surface area contributed by atoms with Gasteiger partial charge in [0, 0.05) is 17.3 Å². The quantitative estimate of drug-likeness (QED) is 0.304. The van der Waals surface area contributed by atoms with Crippen LogP contribution in [-0.4, -0.2) is 19.2 Å². The van der Waals surface area contributed by atoms with Crippen LogP contribution >= 0.6 is 11.3 Å². The van der Waals surface area contributed by atoms with Crippen molar-refractivity contribution in [3.8, 4) is 38.8 Å². The third kappa shape index (κ3) is 3.99. The minimum Gasteiger partial charge on any atom is -0.493 e. The second-order valence-corrected chi connectivity index (χ2v) is 8.33. The zero-order valence-electron chi connectivity index (χ0n) is 18.2. The Bertz CT molecular complexity index is 1400. The maximum atomic E-state index is 6.33. The molecular weight excluding hydrogens is 436 g/mol. The molecule has 6 nitrogen and oxygen atoms in total. The number of nitrogen functional groups attached to an aromatic ring is 1. The molecule has 5 rings (SSSR count). The average molecular weight is 459 g/mol. The Hall–Kier alpha value is -3.97. The van der Waals surface area contributed by atoms with Crippen molar-refractivity contribution in [1.29, 1.82) is 0 Å². The molecule has 0 bridgehead atoms. The number of methoxy groups -OCH3 is 2. The number of hydrogen-bond donors (Lipinski definition) is 1. The number of fused-ring (bicyclic) bond motifs is 1. The Morgan fingerprint density at radius 2 is 1.70 bits per heavy atom. The summed E-state index contributed by atoms with van der Waals surface area (Å²) in [5.74, 6) is 2.37. The molecular formula is C26H22N2O4S. The number of nitrogens with two attached hydrogens (primary N) is 1. The van der Waals surface area contributed by atoms with E-state index in [0.29, 0.717) is 35.3 Å². The fourth-order valence-corrected chi connectivity index (χ4v) is 4.59. The molecule has 0 aliphatic rings. The molecule has 7 heteroatoms. The molecule has 0 atom stereocenters. The predicted molar refractivity (Wildman–Crippen MR) is 131 cm³/mol. The van der Waals surface area contributed by atoms with Crippen LogP contribution in [-0.2, 0) is 6.61 Å². The molecule has 2 aromatic carbocycles. The number of anilines is 1. The number of rotatable bonds is 7. The van der Waals surface area contributed by atoms with E-state index in [-0.39, 0.29) is 0 Å². The smallest absolute Gasteiger partial charge is 0.200 e. The van der Waals surface area contributed by atoms with Gasteiger partial charge in [-0.15, -0.1) is 11.3 Å². The minimum atomic E-state index is 0.366. The van der Waals surface area contributed by atoms with Crippen molar-refractivity contribution in [3.05, 3.63) is 77.9 Å². The van der Waals surface area contributed by atoms with Gasteiger partial charge in [0.25, 0.3) is 0 Å². The van der Waals surface area contributed by atoms with Crippen molar-refractivity contribution < 1.29 is 18.6 Å². The van der Waals surface area contributed by atoms with Gasteiger partial charge in [-0.3, -0.25) is 4.98 Å². The Labute approximate surface area is 195 Å². The van der Waals surface area contributed by atoms with E-state index in [9.17, 15) is 0 Å². The first-order chi connectivity index (χ1) is 16.2. The molecule has 5 aromatic rings. The summed E-state index contributed by atoms with van der Waals surface area (Å²) in [6.07, 6.45) is 3.50. The monoisotopic (exact) mass is 458 g/mol. The molecule has 0 saturated carbocycles. The number of benzene rings is 2. The highest BCUT2D eigenvalue weighted by atomic mass is 32.1. The largest absolute Gasteiger partial charge is 0.493 e. The molecule has 0 amide bonds. The van der Waals surface area contributed by atoms with Crippen molar-refractivity contribution in [2.24, 2.45) is 0 Å². The van der Waals surface area contributed by atoms with E-state index in [4.69, 9.17) is 24.4 Å². The molecule has 0 unspecified atom stereocenters. The third-order valence-electron chi connectivity index (χ3n) is 5.41. The number of pyridine rings is 1. The van der Waals surface area contributed by atoms with Crippen LogP contribution in [0, 0.1) is 0 Å². The highest BCUT2D eigenvalue weighted by Crippen LogP contribution is 2.46. The van der Waals surface area contributed by atoms with Gasteiger partial charge in [-0.2, -0.15) is 0 Å². The Kier molecular flexibility index (Phi) is 5.62. The maximum Gasteiger partial charge on any atom is 0.200 e. The van der Waals surface area contributed by atoms with E-state index in [1.807, 2.05) is 60.0 Å². The van der Waals surface area contributed by atoms with E-state index < -0.39 is 0 Å². The van der Waals surface area contributed by atoms with E-state index >= 15 is 0 Å². The Balaban J connectivity index is 1.66. The Morgan fingerprint density at radius 3 is 2.42 bits per heavy atom. The molecule has 0 aliphatic heterocycles. The van der Waals surface area contributed by atoms with Gasteiger partial charge in [0.15, 0.2) is 11.5 Å². The number of thiophene rings is 1. The number of ether oxygens (including phenoxy) is 3. The van der Waals surface area contributed by atoms with Crippen LogP contribution in [0.25, 0.3) is 32.5 Å². The van der Waals surface area contributed by atoms with Crippen LogP contribution in [0.5, 0.6) is 17.2 Å². The topological polar surface area (TPSA) is 79.7 Å². The third-order valence-corrected chi connectivity index (χ3v) is 6.30. The van der Waals surface area contributed by atoms with Crippen LogP contribution in [0.1, 0.15) is 5.56 Å². The number of hydrogen-bond acceptors (Lipinski definition) is 7. The van der Waals surface area contributed by atoms with Gasteiger partial charge in [-0.25, -0.2) is 0 Å². The van der Waals surface area contributed by atoms with E-state index in [1.54, 1.807) is 38.0 Å². The molecule has 3 heterocycles. The summed E-state index contributed by atoms with van der Waals surface area (Å²) < 4.78 is 23.2. The number of aromatic nitrogens is 1. The van der Waals surface area contributed by atoms with Gasteiger partial charge in [0.05, 0.1) is 25.2 Å². The lowest BCUT2D eigenvalue weighted by atomic mass is 10.0. The van der Waals surface area contributed by atoms with Gasteiger partial charge < -0.3 is 24.4 Å². The molecule has 0 saturated heterocycles. The van der Waals surface area contributed by atoms with Crippen LogP contribution in [0.15, 0.2) is 76.8 Å². The van der Waals surface area contributed by atoms with Gasteiger partial charge >= 0.3 is 0 Å². The fourth-order valence-electron chi connectivity index (χ4n) is 3.81. The SMILES string of the molecule is COc1ccc(-c2cc(OCc3ccncc3)c3c(-c4cccs4)c(N)oc3c2)cc1OC. The number of furan rings is 1. The molecule has 166 valence electrons. The lowest BCUT2D eigenvalue weighted by Crippen LogP contribution is -1.97. The van der Waals surface area contributed by atoms with Gasteiger partial charge in [-0.05, 0) is 64.5 Å². The average Bonchev–Trinajstić information content (AvgIpc) is 3.49. The zero-order chi connectivity index (χ0) is 22.8. The normalized spacial score (nSPS) is 11.0. The first kappa shape index (κ1) is 20.9. The summed E-state index contributed by atoms with van der Waals surface area (Å²) in [6, 6.07) is 17.6. The van der Waals surface area contributed by atoms with Crippen LogP contribution in [0.2, 0.25) is 0 Å². The van der Waals surface area contributed by atoms with E-state index in [0.717, 1.165) is 32.5 Å². The fraction of sp³-hybridized carbons (Fsp3) is 0.115. The van der Waals surface area contributed by atoms with Gasteiger partial charge in [0.1, 0.15) is 17.9 Å². The molecule has 0 aliphatic carbocycles. The lowest BCUT2D eigenvalue weighted by molar-refractivity contribution is 0.310. The van der Waals surface area contributed by atoms with Crippen LogP contribution in [0.3, 0.4) is 0 Å². The second kappa shape index (κ2) is 8.88. The van der Waals surface area contributed by atoms with Crippen LogP contribution < -0.4 is 19.9 Å². The van der Waals surface area contributed by atoms with Crippen molar-refractivity contribution >= 4 is 28.2 Å². The van der Waals surface area contributed by atoms with Gasteiger partial charge in [-0.1, -0.05) is 12.1 Å². The van der Waals surface area contributed by atoms with Crippen molar-refractivity contribution in [2.45, 2.75) is 6.61 Å². The molecule has 0 spiro atoms. The predicted octanol–water partition coefficient (Wildman–Crippen LogP) is 6.40. The van der Waals surface area contributed by atoms with Crippen molar-refractivity contribution in [3.63, 3.8) is 0 Å². The highest BCUT2D eigenvalue weighted by molar-refractivity contribution is 7.13. The molecule has 0 radical (unpaired) electrons. The van der Waals surface area contributed by atoms with Crippen LogP contribution in [0.4, 0.5) is 5.88 Å². The maximum absolute atomic E-state index is 6.33. The molecule has 0 fully saturated rings. The standard InChI is InChI=1S/C26H22N2O4S/c1-29-19-6-5-17(12-20(19)30-2)18-13-21(31-15-16-7-9-28-10-8-16)24-22(14-18)32-26(27)25(24)23-4-3-11-33-23/h3-14H,15,27H2,1-2H3.